The molecule has 7 nitrogen and oxygen atoms in total. The number of rotatable bonds is 6. The van der Waals surface area contributed by atoms with Crippen molar-refractivity contribution in [1.29, 1.82) is 0 Å². The van der Waals surface area contributed by atoms with Gasteiger partial charge < -0.3 is 9.47 Å². The first-order valence-electron chi connectivity index (χ1n) is 7.82. The highest BCUT2D eigenvalue weighted by Crippen LogP contribution is 2.33. The van der Waals surface area contributed by atoms with E-state index in [4.69, 9.17) is 9.47 Å². The molecular formula is C19H19NO6. The van der Waals surface area contributed by atoms with Gasteiger partial charge in [0.1, 0.15) is 0 Å². The average Bonchev–Trinajstić information content (AvgIpc) is 2.66. The van der Waals surface area contributed by atoms with Gasteiger partial charge in [0.15, 0.2) is 5.41 Å². The highest BCUT2D eigenvalue weighted by Gasteiger charge is 2.50. The molecule has 2 rings (SSSR count). The zero-order chi connectivity index (χ0) is 19.3. The first-order chi connectivity index (χ1) is 12.3. The minimum Gasteiger partial charge on any atom is -0.468 e. The molecule has 0 heterocycles. The summed E-state index contributed by atoms with van der Waals surface area (Å²) in [5.74, 6) is -1.59. The van der Waals surface area contributed by atoms with Crippen LogP contribution in [0, 0.1) is 17.0 Å². The zero-order valence-corrected chi connectivity index (χ0v) is 14.7. The lowest BCUT2D eigenvalue weighted by molar-refractivity contribution is -0.384. The van der Waals surface area contributed by atoms with E-state index < -0.39 is 22.3 Å². The number of ether oxygens (including phenoxy) is 2. The van der Waals surface area contributed by atoms with E-state index in [1.54, 1.807) is 12.1 Å². The number of nitro groups is 1. The number of esters is 2. The Hall–Kier alpha value is -3.22. The number of carbonyl (C=O) groups is 2. The number of non-ortho nitro benzene ring substituents is 1. The number of benzene rings is 2. The molecule has 0 N–H and O–H groups in total. The average molecular weight is 357 g/mol. The summed E-state index contributed by atoms with van der Waals surface area (Å²) in [6.07, 6.45) is 0.00440. The number of nitrogens with zero attached hydrogens (tertiary/aromatic N) is 1. The Morgan fingerprint density at radius 3 is 1.88 bits per heavy atom. The van der Waals surface area contributed by atoms with E-state index in [1.165, 1.54) is 38.5 Å². The number of carbonyl (C=O) groups excluding carboxylic acids is 2. The summed E-state index contributed by atoms with van der Waals surface area (Å²) >= 11 is 0. The molecular weight excluding hydrogens is 338 g/mol. The summed E-state index contributed by atoms with van der Waals surface area (Å²) in [4.78, 5) is 35.7. The Morgan fingerprint density at radius 1 is 0.962 bits per heavy atom. The first kappa shape index (κ1) is 19.1. The lowest BCUT2D eigenvalue weighted by atomic mass is 9.75. The third-order valence-electron chi connectivity index (χ3n) is 4.23. The van der Waals surface area contributed by atoms with Crippen LogP contribution in [0.2, 0.25) is 0 Å². The molecule has 2 aromatic carbocycles. The van der Waals surface area contributed by atoms with Crippen molar-refractivity contribution in [2.24, 2.45) is 0 Å². The Morgan fingerprint density at radius 2 is 1.46 bits per heavy atom. The topological polar surface area (TPSA) is 95.7 Å². The Labute approximate surface area is 150 Å². The number of methoxy groups -OCH3 is 2. The van der Waals surface area contributed by atoms with Gasteiger partial charge in [0.25, 0.3) is 5.69 Å². The van der Waals surface area contributed by atoms with Crippen molar-refractivity contribution < 1.29 is 24.0 Å². The van der Waals surface area contributed by atoms with Gasteiger partial charge in [-0.25, -0.2) is 0 Å². The Bertz CT molecular complexity index is 795. The molecule has 0 bridgehead atoms. The van der Waals surface area contributed by atoms with Gasteiger partial charge in [0, 0.05) is 18.6 Å². The second-order valence-electron chi connectivity index (χ2n) is 5.85. The molecule has 26 heavy (non-hydrogen) atoms. The maximum atomic E-state index is 12.7. The van der Waals surface area contributed by atoms with Crippen LogP contribution in [0.15, 0.2) is 48.5 Å². The molecule has 0 atom stereocenters. The standard InChI is InChI=1S/C19H19NO6/c1-13-4-6-14(7-5-13)12-19(17(21)25-2,18(22)26-3)15-8-10-16(11-9-15)20(23)24/h4-11H,12H2,1-3H3. The summed E-state index contributed by atoms with van der Waals surface area (Å²) in [6.45, 7) is 1.92. The zero-order valence-electron chi connectivity index (χ0n) is 14.7. The van der Waals surface area contributed by atoms with E-state index in [9.17, 15) is 19.7 Å². The second kappa shape index (κ2) is 7.77. The maximum absolute atomic E-state index is 12.7. The van der Waals surface area contributed by atoms with Gasteiger partial charge in [-0.2, -0.15) is 0 Å². The van der Waals surface area contributed by atoms with E-state index in [-0.39, 0.29) is 17.7 Å². The van der Waals surface area contributed by atoms with E-state index in [2.05, 4.69) is 0 Å². The predicted molar refractivity (Wildman–Crippen MR) is 93.7 cm³/mol. The van der Waals surface area contributed by atoms with Gasteiger partial charge >= 0.3 is 11.9 Å². The summed E-state index contributed by atoms with van der Waals surface area (Å²) in [6, 6.07) is 12.6. The quantitative estimate of drug-likeness (QED) is 0.341. The molecule has 2 aromatic rings. The van der Waals surface area contributed by atoms with Gasteiger partial charge in [0.05, 0.1) is 19.1 Å². The smallest absolute Gasteiger partial charge is 0.328 e. The molecule has 0 aliphatic heterocycles. The van der Waals surface area contributed by atoms with Gasteiger partial charge in [-0.05, 0) is 18.1 Å². The predicted octanol–water partition coefficient (Wildman–Crippen LogP) is 2.73. The SMILES string of the molecule is COC(=O)C(Cc1ccc(C)cc1)(C(=O)OC)c1ccc([N+](=O)[O-])cc1. The van der Waals surface area contributed by atoms with Crippen molar-refractivity contribution in [3.63, 3.8) is 0 Å². The normalized spacial score (nSPS) is 10.9. The molecule has 0 aromatic heterocycles. The van der Waals surface area contributed by atoms with E-state index in [0.29, 0.717) is 0 Å². The number of nitro benzene ring substituents is 1. The Balaban J connectivity index is 2.61. The molecule has 0 radical (unpaired) electrons. The fraction of sp³-hybridized carbons (Fsp3) is 0.263. The van der Waals surface area contributed by atoms with Crippen LogP contribution in [0.1, 0.15) is 16.7 Å². The van der Waals surface area contributed by atoms with Crippen molar-refractivity contribution in [3.8, 4) is 0 Å². The van der Waals surface area contributed by atoms with Gasteiger partial charge in [0.2, 0.25) is 0 Å². The first-order valence-corrected chi connectivity index (χ1v) is 7.82. The van der Waals surface area contributed by atoms with Crippen LogP contribution in [-0.4, -0.2) is 31.1 Å². The monoisotopic (exact) mass is 357 g/mol. The lowest BCUT2D eigenvalue weighted by Crippen LogP contribution is -2.47. The van der Waals surface area contributed by atoms with Crippen molar-refractivity contribution in [2.75, 3.05) is 14.2 Å². The summed E-state index contributed by atoms with van der Waals surface area (Å²) in [5, 5.41) is 10.9. The van der Waals surface area contributed by atoms with E-state index in [1.807, 2.05) is 19.1 Å². The molecule has 0 saturated heterocycles. The van der Waals surface area contributed by atoms with Gasteiger partial charge in [-0.3, -0.25) is 19.7 Å². The number of hydrogen-bond donors (Lipinski definition) is 0. The highest BCUT2D eigenvalue weighted by atomic mass is 16.6. The molecule has 0 spiro atoms. The molecule has 0 fully saturated rings. The van der Waals surface area contributed by atoms with E-state index >= 15 is 0 Å². The maximum Gasteiger partial charge on any atom is 0.328 e. The van der Waals surface area contributed by atoms with Gasteiger partial charge in [-0.1, -0.05) is 42.0 Å². The van der Waals surface area contributed by atoms with Crippen LogP contribution in [0.5, 0.6) is 0 Å². The summed E-state index contributed by atoms with van der Waals surface area (Å²) in [7, 11) is 2.36. The fourth-order valence-electron chi connectivity index (χ4n) is 2.79. The number of hydrogen-bond acceptors (Lipinski definition) is 6. The molecule has 0 aliphatic carbocycles. The van der Waals surface area contributed by atoms with Crippen LogP contribution in [0.3, 0.4) is 0 Å². The van der Waals surface area contributed by atoms with Crippen LogP contribution in [0.4, 0.5) is 5.69 Å². The van der Waals surface area contributed by atoms with Crippen molar-refractivity contribution in [2.45, 2.75) is 18.8 Å². The molecule has 0 amide bonds. The van der Waals surface area contributed by atoms with Crippen LogP contribution in [0.25, 0.3) is 0 Å². The third-order valence-corrected chi connectivity index (χ3v) is 4.23. The number of aryl methyl sites for hydroxylation is 1. The van der Waals surface area contributed by atoms with Crippen molar-refractivity contribution in [3.05, 3.63) is 75.3 Å². The molecule has 0 saturated carbocycles. The summed E-state index contributed by atoms with van der Waals surface area (Å²) in [5.41, 5.74) is 0.124. The minimum absolute atomic E-state index is 0.00440. The van der Waals surface area contributed by atoms with Crippen molar-refractivity contribution >= 4 is 17.6 Å². The third kappa shape index (κ3) is 3.56. The highest BCUT2D eigenvalue weighted by molar-refractivity contribution is 6.06. The van der Waals surface area contributed by atoms with Crippen LogP contribution >= 0.6 is 0 Å². The molecule has 0 unspecified atom stereocenters. The van der Waals surface area contributed by atoms with Crippen LogP contribution < -0.4 is 0 Å². The molecule has 0 aliphatic rings. The van der Waals surface area contributed by atoms with Gasteiger partial charge in [-0.15, -0.1) is 0 Å². The largest absolute Gasteiger partial charge is 0.468 e. The van der Waals surface area contributed by atoms with Crippen LogP contribution in [-0.2, 0) is 30.9 Å². The molecule has 136 valence electrons. The van der Waals surface area contributed by atoms with E-state index in [0.717, 1.165) is 11.1 Å². The van der Waals surface area contributed by atoms with Crippen molar-refractivity contribution in [1.82, 2.24) is 0 Å². The lowest BCUT2D eigenvalue weighted by Gasteiger charge is -2.28. The molecule has 7 heteroatoms. The summed E-state index contributed by atoms with van der Waals surface area (Å²) < 4.78 is 9.79. The minimum atomic E-state index is -1.76. The second-order valence-corrected chi connectivity index (χ2v) is 5.85. The Kier molecular flexibility index (Phi) is 5.71. The fourth-order valence-corrected chi connectivity index (χ4v) is 2.79.